The van der Waals surface area contributed by atoms with E-state index in [-0.39, 0.29) is 24.3 Å². The Kier molecular flexibility index (Phi) is 8.42. The van der Waals surface area contributed by atoms with Gasteiger partial charge in [0.1, 0.15) is 6.17 Å². The van der Waals surface area contributed by atoms with Gasteiger partial charge in [-0.15, -0.1) is 0 Å². The molecule has 6 unspecified atom stereocenters. The Morgan fingerprint density at radius 3 is 2.84 bits per heavy atom. The van der Waals surface area contributed by atoms with Crippen LogP contribution < -0.4 is 27.0 Å². The van der Waals surface area contributed by atoms with Gasteiger partial charge in [0.15, 0.2) is 0 Å². The summed E-state index contributed by atoms with van der Waals surface area (Å²) in [5.41, 5.74) is 8.58. The number of hydrogen-bond acceptors (Lipinski definition) is 6. The Balaban J connectivity index is 1.78. The van der Waals surface area contributed by atoms with Gasteiger partial charge in [-0.3, -0.25) is 19.7 Å². The first-order valence-electron chi connectivity index (χ1n) is 11.6. The van der Waals surface area contributed by atoms with Crippen LogP contribution in [0.1, 0.15) is 27.2 Å². The van der Waals surface area contributed by atoms with Gasteiger partial charge >= 0.3 is 0 Å². The zero-order chi connectivity index (χ0) is 23.3. The van der Waals surface area contributed by atoms with Gasteiger partial charge < -0.3 is 21.7 Å². The minimum Gasteiger partial charge on any atom is -0.373 e. The lowest BCUT2D eigenvalue weighted by molar-refractivity contribution is -0.504. The van der Waals surface area contributed by atoms with Crippen molar-refractivity contribution in [3.8, 4) is 0 Å². The monoisotopic (exact) mass is 448 g/mol. The lowest BCUT2D eigenvalue weighted by Crippen LogP contribution is -2.58. The average molecular weight is 449 g/mol. The van der Waals surface area contributed by atoms with E-state index >= 15 is 0 Å². The molecule has 0 radical (unpaired) electrons. The molecule has 0 saturated heterocycles. The number of aliphatic imine (C=N–C) groups is 1. The smallest absolute Gasteiger partial charge is 0.231 e. The van der Waals surface area contributed by atoms with Crippen molar-refractivity contribution in [3.63, 3.8) is 0 Å². The molecule has 0 aromatic carbocycles. The van der Waals surface area contributed by atoms with E-state index in [4.69, 9.17) is 5.73 Å². The number of hydrogen-bond donors (Lipinski definition) is 5. The fourth-order valence-corrected chi connectivity index (χ4v) is 4.62. The number of halogens is 1. The molecule has 3 heterocycles. The quantitative estimate of drug-likeness (QED) is 0.310. The van der Waals surface area contributed by atoms with Crippen LogP contribution in [-0.2, 0) is 4.79 Å². The maximum Gasteiger partial charge on any atom is 0.231 e. The van der Waals surface area contributed by atoms with Crippen molar-refractivity contribution < 1.29 is 13.8 Å². The van der Waals surface area contributed by atoms with Crippen molar-refractivity contribution in [2.24, 2.45) is 28.5 Å². The summed E-state index contributed by atoms with van der Waals surface area (Å²) in [6.07, 6.45) is 5.72. The van der Waals surface area contributed by atoms with Crippen LogP contribution in [0.3, 0.4) is 0 Å². The summed E-state index contributed by atoms with van der Waals surface area (Å²) < 4.78 is 16.4. The standard InChI is InChI=1S/C23H38FN7O/c1-14(2)19-6-5-17(24)10-28-15(3)21(22(25)29-19)23(32)30-20-11-26-8-7-18(20)16-9-27-13-31(4)12-16/h6-7,10,13-17,20-22,26,29H,5,8-9,11-12,25H2,1-4H3,(H,30,32)/p+1/b19-6-,28-10?. The molecule has 3 aliphatic rings. The summed E-state index contributed by atoms with van der Waals surface area (Å²) in [6.45, 7) is 9.06. The zero-order valence-electron chi connectivity index (χ0n) is 19.6. The molecule has 0 aliphatic carbocycles. The number of carbonyl (C=O) groups excluding carboxylic acids is 1. The van der Waals surface area contributed by atoms with Crippen molar-refractivity contribution in [2.45, 2.75) is 51.6 Å². The summed E-state index contributed by atoms with van der Waals surface area (Å²) in [5.74, 6) is -0.348. The van der Waals surface area contributed by atoms with Crippen LogP contribution in [0.15, 0.2) is 28.4 Å². The Morgan fingerprint density at radius 1 is 1.34 bits per heavy atom. The molecule has 6 N–H and O–H groups in total. The van der Waals surface area contributed by atoms with Crippen molar-refractivity contribution in [1.82, 2.24) is 21.3 Å². The molecule has 8 nitrogen and oxygen atoms in total. The molecule has 0 aromatic rings. The fraction of sp³-hybridized carbons (Fsp3) is 0.696. The predicted molar refractivity (Wildman–Crippen MR) is 126 cm³/mol. The third kappa shape index (κ3) is 6.16. The normalized spacial score (nSPS) is 35.5. The second-order valence-corrected chi connectivity index (χ2v) is 9.40. The summed E-state index contributed by atoms with van der Waals surface area (Å²) in [5, 5.41) is 13.2. The van der Waals surface area contributed by atoms with Gasteiger partial charge in [0, 0.05) is 31.4 Å². The van der Waals surface area contributed by atoms with Gasteiger partial charge in [-0.25, -0.2) is 4.39 Å². The average Bonchev–Trinajstić information content (AvgIpc) is 2.75. The first-order chi connectivity index (χ1) is 15.3. The molecule has 9 heteroatoms. The predicted octanol–water partition coefficient (Wildman–Crippen LogP) is 0.122. The number of amides is 1. The van der Waals surface area contributed by atoms with Crippen LogP contribution in [0.2, 0.25) is 0 Å². The third-order valence-electron chi connectivity index (χ3n) is 6.42. The molecule has 32 heavy (non-hydrogen) atoms. The van der Waals surface area contributed by atoms with Gasteiger partial charge in [-0.2, -0.15) is 0 Å². The maximum atomic E-state index is 14.3. The first-order valence-corrected chi connectivity index (χ1v) is 11.6. The molecule has 6 atom stereocenters. The molecule has 178 valence electrons. The minimum absolute atomic E-state index is 0.123. The number of carbonyl (C=O) groups is 1. The topological polar surface area (TPSA) is 107 Å². The molecule has 0 spiro atoms. The molecular formula is C23H39FN7O+. The third-order valence-corrected chi connectivity index (χ3v) is 6.42. The van der Waals surface area contributed by atoms with E-state index in [2.05, 4.69) is 36.9 Å². The van der Waals surface area contributed by atoms with Crippen LogP contribution in [0.5, 0.6) is 0 Å². The molecular weight excluding hydrogens is 409 g/mol. The van der Waals surface area contributed by atoms with Gasteiger partial charge in [0.05, 0.1) is 50.2 Å². The molecule has 0 bridgehead atoms. The fourth-order valence-electron chi connectivity index (χ4n) is 4.62. The number of nitrogens with two attached hydrogens (primary N) is 1. The molecule has 0 saturated carbocycles. The second-order valence-electron chi connectivity index (χ2n) is 9.40. The highest BCUT2D eigenvalue weighted by Crippen LogP contribution is 2.21. The van der Waals surface area contributed by atoms with Crippen LogP contribution in [-0.4, -0.2) is 80.7 Å². The van der Waals surface area contributed by atoms with Crippen LogP contribution in [0.25, 0.3) is 0 Å². The Hall–Kier alpha value is -2.26. The van der Waals surface area contributed by atoms with Gasteiger partial charge in [-0.05, 0) is 18.4 Å². The minimum atomic E-state index is -1.18. The van der Waals surface area contributed by atoms with E-state index in [1.54, 1.807) is 0 Å². The van der Waals surface area contributed by atoms with Crippen molar-refractivity contribution in [3.05, 3.63) is 23.4 Å². The molecule has 0 fully saturated rings. The van der Waals surface area contributed by atoms with Crippen molar-refractivity contribution >= 4 is 18.5 Å². The van der Waals surface area contributed by atoms with E-state index in [1.807, 2.05) is 40.2 Å². The Bertz CT molecular complexity index is 791. The SMILES string of the molecule is CC(C)/C1=C/CC(F)C=NC(C)C(C(=O)NC2CNCC=C2C2CNC=[N+](C)C2)C(N)N1. The summed E-state index contributed by atoms with van der Waals surface area (Å²) in [6, 6.07) is -0.578. The number of rotatable bonds is 4. The lowest BCUT2D eigenvalue weighted by atomic mass is 9.88. The molecule has 0 aromatic heterocycles. The second kappa shape index (κ2) is 11.0. The maximum absolute atomic E-state index is 14.3. The molecule has 1 amide bonds. The van der Waals surface area contributed by atoms with Crippen LogP contribution in [0, 0.1) is 17.8 Å². The van der Waals surface area contributed by atoms with E-state index < -0.39 is 24.3 Å². The highest BCUT2D eigenvalue weighted by molar-refractivity contribution is 5.81. The Morgan fingerprint density at radius 2 is 2.12 bits per heavy atom. The van der Waals surface area contributed by atoms with E-state index in [0.717, 1.165) is 25.3 Å². The van der Waals surface area contributed by atoms with E-state index in [9.17, 15) is 9.18 Å². The lowest BCUT2D eigenvalue weighted by Gasteiger charge is -2.35. The van der Waals surface area contributed by atoms with Gasteiger partial charge in [0.25, 0.3) is 0 Å². The number of nitrogens with zero attached hydrogens (tertiary/aromatic N) is 2. The Labute approximate surface area is 190 Å². The van der Waals surface area contributed by atoms with Gasteiger partial charge in [0.2, 0.25) is 12.2 Å². The van der Waals surface area contributed by atoms with E-state index in [1.165, 1.54) is 11.8 Å². The molecule has 3 rings (SSSR count). The highest BCUT2D eigenvalue weighted by Gasteiger charge is 2.36. The first kappa shape index (κ1) is 24.4. The summed E-state index contributed by atoms with van der Waals surface area (Å²) >= 11 is 0. The van der Waals surface area contributed by atoms with Crippen LogP contribution in [0.4, 0.5) is 4.39 Å². The van der Waals surface area contributed by atoms with Crippen molar-refractivity contribution in [1.29, 1.82) is 0 Å². The molecule has 3 aliphatic heterocycles. The van der Waals surface area contributed by atoms with Crippen LogP contribution >= 0.6 is 0 Å². The van der Waals surface area contributed by atoms with Gasteiger partial charge in [-0.1, -0.05) is 26.0 Å². The van der Waals surface area contributed by atoms with E-state index in [0.29, 0.717) is 12.5 Å². The summed E-state index contributed by atoms with van der Waals surface area (Å²) in [4.78, 5) is 17.8. The number of nitrogens with one attached hydrogen (secondary N) is 4. The number of alkyl halides is 1. The largest absolute Gasteiger partial charge is 0.373 e. The zero-order valence-corrected chi connectivity index (χ0v) is 19.6. The van der Waals surface area contributed by atoms with Crippen molar-refractivity contribution in [2.75, 3.05) is 33.2 Å². The number of allylic oxidation sites excluding steroid dienone is 2. The summed E-state index contributed by atoms with van der Waals surface area (Å²) in [7, 11) is 2.04. The highest BCUT2D eigenvalue weighted by atomic mass is 19.1.